The lowest BCUT2D eigenvalue weighted by Gasteiger charge is -2.41. The molecule has 0 aliphatic rings. The number of carbonyl (C=O) groups excluding carboxylic acids is 2. The number of rotatable bonds is 11. The van der Waals surface area contributed by atoms with Gasteiger partial charge in [0.1, 0.15) is 0 Å². The van der Waals surface area contributed by atoms with Crippen LogP contribution in [0.3, 0.4) is 0 Å². The summed E-state index contributed by atoms with van der Waals surface area (Å²) < 4.78 is 11.0. The van der Waals surface area contributed by atoms with Gasteiger partial charge in [-0.25, -0.2) is 9.59 Å². The van der Waals surface area contributed by atoms with Gasteiger partial charge in [-0.2, -0.15) is 0 Å². The van der Waals surface area contributed by atoms with Crippen molar-refractivity contribution in [3.8, 4) is 0 Å². The molecule has 0 bridgehead atoms. The van der Waals surface area contributed by atoms with Gasteiger partial charge >= 0.3 is 11.9 Å². The van der Waals surface area contributed by atoms with Crippen LogP contribution in [0, 0.1) is 0 Å². The van der Waals surface area contributed by atoms with Gasteiger partial charge < -0.3 is 14.3 Å². The summed E-state index contributed by atoms with van der Waals surface area (Å²) >= 11 is 0. The van der Waals surface area contributed by atoms with E-state index in [9.17, 15) is 14.4 Å². The quantitative estimate of drug-likeness (QED) is 0.244. The van der Waals surface area contributed by atoms with Crippen LogP contribution in [0.1, 0.15) is 67.7 Å². The van der Waals surface area contributed by atoms with Gasteiger partial charge in [0, 0.05) is 18.1 Å². The molecule has 0 heterocycles. The zero-order valence-corrected chi connectivity index (χ0v) is 18.1. The van der Waals surface area contributed by atoms with Crippen molar-refractivity contribution < 1.29 is 28.7 Å². The Kier molecular flexibility index (Phi) is 10.5. The second-order valence-corrected chi connectivity index (χ2v) is 12.9. The van der Waals surface area contributed by atoms with E-state index < -0.39 is 20.3 Å². The van der Waals surface area contributed by atoms with Crippen molar-refractivity contribution in [2.45, 2.75) is 84.4 Å². The zero-order chi connectivity index (χ0) is 20.5. The second-order valence-electron chi connectivity index (χ2n) is 7.55. The molecule has 0 saturated carbocycles. The number of aliphatic carboxylic acids is 1. The fourth-order valence-corrected chi connectivity index (χ4v) is 8.70. The van der Waals surface area contributed by atoms with E-state index in [0.29, 0.717) is 35.9 Å². The first-order chi connectivity index (χ1) is 11.9. The Morgan fingerprint density at radius 2 is 1.46 bits per heavy atom. The third-order valence-corrected chi connectivity index (χ3v) is 10.7. The Bertz CT molecular complexity index is 500. The molecule has 0 rings (SSSR count). The number of esters is 1. The summed E-state index contributed by atoms with van der Waals surface area (Å²) in [4.78, 5) is 34.4. The average molecular weight is 387 g/mol. The predicted molar refractivity (Wildman–Crippen MR) is 103 cm³/mol. The molecule has 0 atom stereocenters. The minimum atomic E-state index is -2.21. The molecule has 150 valence electrons. The van der Waals surface area contributed by atoms with Crippen LogP contribution in [0.2, 0.25) is 16.6 Å². The van der Waals surface area contributed by atoms with Gasteiger partial charge in [0.2, 0.25) is 0 Å². The standard InChI is InChI=1S/C19H34O6Si/c1-13(2)26(14(3)4,15(5)6)25-18(22)10-8-9-11-24-19(23)16(7)12-17(20)21/h12-15H,8-11H2,1-7H3,(H,20,21)/b16-12+. The number of unbranched alkanes of at least 4 members (excludes halogenated alkanes) is 1. The van der Waals surface area contributed by atoms with Crippen molar-refractivity contribution in [3.63, 3.8) is 0 Å². The van der Waals surface area contributed by atoms with Gasteiger partial charge in [-0.15, -0.1) is 0 Å². The molecule has 0 aromatic carbocycles. The molecule has 6 nitrogen and oxygen atoms in total. The number of ether oxygens (including phenoxy) is 1. The molecule has 0 unspecified atom stereocenters. The molecule has 0 radical (unpaired) electrons. The van der Waals surface area contributed by atoms with E-state index in [4.69, 9.17) is 14.3 Å². The van der Waals surface area contributed by atoms with Crippen molar-refractivity contribution in [2.75, 3.05) is 6.61 Å². The van der Waals surface area contributed by atoms with Crippen LogP contribution in [0.15, 0.2) is 11.6 Å². The second kappa shape index (κ2) is 11.2. The normalized spacial score (nSPS) is 12.6. The summed E-state index contributed by atoms with van der Waals surface area (Å²) in [7, 11) is -2.21. The minimum absolute atomic E-state index is 0.0403. The van der Waals surface area contributed by atoms with Crippen LogP contribution in [0.5, 0.6) is 0 Å². The molecule has 0 aliphatic carbocycles. The first-order valence-corrected chi connectivity index (χ1v) is 11.4. The molecule has 0 spiro atoms. The maximum Gasteiger partial charge on any atom is 0.333 e. The van der Waals surface area contributed by atoms with Crippen LogP contribution in [-0.4, -0.2) is 37.9 Å². The summed E-state index contributed by atoms with van der Waals surface area (Å²) in [6.07, 6.45) is 2.20. The molecular formula is C19H34O6Si. The fraction of sp³-hybridized carbons (Fsp3) is 0.737. The van der Waals surface area contributed by atoms with Crippen LogP contribution < -0.4 is 0 Å². The van der Waals surface area contributed by atoms with Gasteiger partial charge in [-0.3, -0.25) is 4.79 Å². The summed E-state index contributed by atoms with van der Waals surface area (Å²) in [6.45, 7) is 14.3. The average Bonchev–Trinajstić information content (AvgIpc) is 2.50. The number of carboxylic acid groups (broad SMARTS) is 1. The van der Waals surface area contributed by atoms with Crippen molar-refractivity contribution in [1.29, 1.82) is 0 Å². The van der Waals surface area contributed by atoms with Crippen LogP contribution >= 0.6 is 0 Å². The largest absolute Gasteiger partial charge is 0.518 e. The molecule has 0 fully saturated rings. The highest BCUT2D eigenvalue weighted by Gasteiger charge is 2.47. The Labute approximate surface area is 158 Å². The highest BCUT2D eigenvalue weighted by Crippen LogP contribution is 2.42. The number of hydrogen-bond acceptors (Lipinski definition) is 5. The van der Waals surface area contributed by atoms with E-state index >= 15 is 0 Å². The molecule has 7 heteroatoms. The van der Waals surface area contributed by atoms with Gasteiger partial charge in [0.05, 0.1) is 6.61 Å². The smallest absolute Gasteiger partial charge is 0.333 e. The summed E-state index contributed by atoms with van der Waals surface area (Å²) in [5, 5.41) is 8.58. The highest BCUT2D eigenvalue weighted by atomic mass is 28.4. The van der Waals surface area contributed by atoms with E-state index in [2.05, 4.69) is 41.5 Å². The first-order valence-electron chi connectivity index (χ1n) is 9.25. The Hall–Kier alpha value is -1.63. The number of carboxylic acids is 1. The van der Waals surface area contributed by atoms with Crippen molar-refractivity contribution in [2.24, 2.45) is 0 Å². The topological polar surface area (TPSA) is 89.9 Å². The monoisotopic (exact) mass is 386 g/mol. The van der Waals surface area contributed by atoms with Crippen LogP contribution in [0.4, 0.5) is 0 Å². The Morgan fingerprint density at radius 3 is 1.88 bits per heavy atom. The molecule has 0 amide bonds. The lowest BCUT2D eigenvalue weighted by Crippen LogP contribution is -2.49. The molecule has 0 aromatic heterocycles. The number of carbonyl (C=O) groups is 3. The van der Waals surface area contributed by atoms with Crippen molar-refractivity contribution in [1.82, 2.24) is 0 Å². The Balaban J connectivity index is 4.43. The van der Waals surface area contributed by atoms with Gasteiger partial charge in [-0.1, -0.05) is 41.5 Å². The maximum absolute atomic E-state index is 12.3. The summed E-state index contributed by atoms with van der Waals surface area (Å²) in [5.74, 6) is -2.02. The van der Waals surface area contributed by atoms with Crippen molar-refractivity contribution in [3.05, 3.63) is 11.6 Å². The molecule has 0 aliphatic heterocycles. The SMILES string of the molecule is C/C(=C\C(=O)O)C(=O)OCCCCC(=O)O[Si](C(C)C)(C(C)C)C(C)C. The van der Waals surface area contributed by atoms with Crippen LogP contribution in [-0.2, 0) is 23.5 Å². The predicted octanol–water partition coefficient (Wildman–Crippen LogP) is 4.45. The van der Waals surface area contributed by atoms with Gasteiger partial charge in [-0.05, 0) is 36.4 Å². The molecule has 0 aromatic rings. The highest BCUT2D eigenvalue weighted by molar-refractivity contribution is 6.78. The van der Waals surface area contributed by atoms with E-state index in [1.807, 2.05) is 0 Å². The lowest BCUT2D eigenvalue weighted by molar-refractivity contribution is -0.140. The maximum atomic E-state index is 12.3. The van der Waals surface area contributed by atoms with E-state index in [0.717, 1.165) is 6.08 Å². The fourth-order valence-electron chi connectivity index (χ4n) is 3.50. The summed E-state index contributed by atoms with van der Waals surface area (Å²) in [5.41, 5.74) is 1.07. The third kappa shape index (κ3) is 7.31. The van der Waals surface area contributed by atoms with E-state index in [-0.39, 0.29) is 18.1 Å². The first kappa shape index (κ1) is 24.4. The van der Waals surface area contributed by atoms with Gasteiger partial charge in [0.25, 0.3) is 14.3 Å². The molecule has 26 heavy (non-hydrogen) atoms. The molecular weight excluding hydrogens is 352 g/mol. The Morgan fingerprint density at radius 1 is 0.962 bits per heavy atom. The van der Waals surface area contributed by atoms with Crippen LogP contribution in [0.25, 0.3) is 0 Å². The zero-order valence-electron chi connectivity index (χ0n) is 17.1. The molecule has 1 N–H and O–H groups in total. The van der Waals surface area contributed by atoms with E-state index in [1.54, 1.807) is 0 Å². The lowest BCUT2D eigenvalue weighted by atomic mass is 10.2. The third-order valence-electron chi connectivity index (χ3n) is 4.67. The number of hydrogen-bond donors (Lipinski definition) is 1. The van der Waals surface area contributed by atoms with Gasteiger partial charge in [0.15, 0.2) is 0 Å². The minimum Gasteiger partial charge on any atom is -0.518 e. The van der Waals surface area contributed by atoms with Crippen molar-refractivity contribution >= 4 is 26.2 Å². The van der Waals surface area contributed by atoms with E-state index in [1.165, 1.54) is 6.92 Å². The molecule has 0 saturated heterocycles. The summed E-state index contributed by atoms with van der Waals surface area (Å²) in [6, 6.07) is 0.